The lowest BCUT2D eigenvalue weighted by atomic mass is 9.63. The van der Waals surface area contributed by atoms with Crippen molar-refractivity contribution in [2.45, 2.75) is 25.8 Å². The Morgan fingerprint density at radius 2 is 1.76 bits per heavy atom. The van der Waals surface area contributed by atoms with Crippen molar-refractivity contribution in [1.29, 1.82) is 0 Å². The van der Waals surface area contributed by atoms with Crippen molar-refractivity contribution in [3.05, 3.63) is 48.2 Å². The van der Waals surface area contributed by atoms with Gasteiger partial charge in [-0.05, 0) is 30.7 Å². The molecule has 0 unspecified atom stereocenters. The van der Waals surface area contributed by atoms with Crippen molar-refractivity contribution in [3.8, 4) is 0 Å². The Morgan fingerprint density at radius 3 is 2.38 bits per heavy atom. The standard InChI is InChI=1S/C22H22N4O3/c23-18(27)9-10-25-12-15(16-3-1-2-4-17(16)25)11-24-26-21(28)19-13-5-6-14(8-7-13)20(19)22(26)29/h1-6,11-14,19-20H,7-10H2,(H2,23,27)/b24-11-/t13-,14-,19-,20+/m0/s1. The Kier molecular flexibility index (Phi) is 4.12. The first-order chi connectivity index (χ1) is 14.0. The predicted molar refractivity (Wildman–Crippen MR) is 108 cm³/mol. The summed E-state index contributed by atoms with van der Waals surface area (Å²) in [6.45, 7) is 0.463. The largest absolute Gasteiger partial charge is 0.370 e. The minimum atomic E-state index is -0.364. The molecule has 1 aliphatic heterocycles. The van der Waals surface area contributed by atoms with Gasteiger partial charge in [0.05, 0.1) is 18.1 Å². The van der Waals surface area contributed by atoms with E-state index in [0.29, 0.717) is 6.54 Å². The molecule has 2 bridgehead atoms. The number of carbonyl (C=O) groups is 3. The van der Waals surface area contributed by atoms with Gasteiger partial charge in [-0.1, -0.05) is 30.4 Å². The number of aryl methyl sites for hydroxylation is 1. The van der Waals surface area contributed by atoms with Crippen LogP contribution in [-0.2, 0) is 20.9 Å². The van der Waals surface area contributed by atoms with E-state index in [1.807, 2.05) is 35.0 Å². The maximum absolute atomic E-state index is 12.9. The zero-order chi connectivity index (χ0) is 20.1. The first kappa shape index (κ1) is 17.8. The number of carbonyl (C=O) groups excluding carboxylic acids is 3. The van der Waals surface area contributed by atoms with Crippen molar-refractivity contribution >= 4 is 34.8 Å². The van der Waals surface area contributed by atoms with Crippen LogP contribution in [0.4, 0.5) is 0 Å². The van der Waals surface area contributed by atoms with Gasteiger partial charge in [0.25, 0.3) is 11.8 Å². The Bertz CT molecular complexity index is 1050. The third-order valence-electron chi connectivity index (χ3n) is 6.47. The summed E-state index contributed by atoms with van der Waals surface area (Å²) in [5.41, 5.74) is 7.03. The number of fused-ring (bicyclic) bond motifs is 2. The first-order valence-corrected chi connectivity index (χ1v) is 10.0. The van der Waals surface area contributed by atoms with Gasteiger partial charge in [0.2, 0.25) is 5.91 Å². The molecule has 29 heavy (non-hydrogen) atoms. The van der Waals surface area contributed by atoms with Crippen molar-refractivity contribution in [2.75, 3.05) is 0 Å². The zero-order valence-electron chi connectivity index (χ0n) is 15.9. The molecular weight excluding hydrogens is 368 g/mol. The molecule has 1 aromatic carbocycles. The van der Waals surface area contributed by atoms with E-state index < -0.39 is 0 Å². The normalized spacial score (nSPS) is 28.1. The van der Waals surface area contributed by atoms with Crippen molar-refractivity contribution in [2.24, 2.45) is 34.5 Å². The van der Waals surface area contributed by atoms with Crippen LogP contribution in [-0.4, -0.2) is 33.5 Å². The summed E-state index contributed by atoms with van der Waals surface area (Å²) in [6, 6.07) is 7.75. The molecule has 4 atom stereocenters. The van der Waals surface area contributed by atoms with Crippen LogP contribution in [0.1, 0.15) is 24.8 Å². The highest BCUT2D eigenvalue weighted by atomic mass is 16.2. The highest BCUT2D eigenvalue weighted by Crippen LogP contribution is 2.49. The van der Waals surface area contributed by atoms with E-state index in [0.717, 1.165) is 34.3 Å². The Labute approximate surface area is 167 Å². The molecule has 1 saturated heterocycles. The van der Waals surface area contributed by atoms with E-state index >= 15 is 0 Å². The van der Waals surface area contributed by atoms with Gasteiger partial charge in [0.1, 0.15) is 0 Å². The van der Waals surface area contributed by atoms with Crippen molar-refractivity contribution in [1.82, 2.24) is 9.58 Å². The molecule has 7 nitrogen and oxygen atoms in total. The molecule has 4 aliphatic rings. The van der Waals surface area contributed by atoms with Gasteiger partial charge >= 0.3 is 0 Å². The number of para-hydroxylation sites is 1. The average Bonchev–Trinajstić information content (AvgIpc) is 3.22. The summed E-state index contributed by atoms with van der Waals surface area (Å²) in [5, 5.41) is 6.33. The highest BCUT2D eigenvalue weighted by molar-refractivity contribution is 6.07. The minimum Gasteiger partial charge on any atom is -0.370 e. The van der Waals surface area contributed by atoms with E-state index in [2.05, 4.69) is 17.3 Å². The summed E-state index contributed by atoms with van der Waals surface area (Å²) >= 11 is 0. The Morgan fingerprint density at radius 1 is 1.10 bits per heavy atom. The molecule has 3 aliphatic carbocycles. The van der Waals surface area contributed by atoms with Crippen molar-refractivity contribution in [3.63, 3.8) is 0 Å². The van der Waals surface area contributed by atoms with Crippen LogP contribution in [0.2, 0.25) is 0 Å². The van der Waals surface area contributed by atoms with E-state index in [4.69, 9.17) is 5.73 Å². The first-order valence-electron chi connectivity index (χ1n) is 10.0. The van der Waals surface area contributed by atoms with Gasteiger partial charge in [-0.25, -0.2) is 0 Å². The lowest BCUT2D eigenvalue weighted by molar-refractivity contribution is -0.140. The van der Waals surface area contributed by atoms with Crippen LogP contribution in [0.25, 0.3) is 10.9 Å². The number of rotatable bonds is 5. The van der Waals surface area contributed by atoms with Crippen LogP contribution in [0.5, 0.6) is 0 Å². The monoisotopic (exact) mass is 390 g/mol. The third kappa shape index (κ3) is 2.80. The van der Waals surface area contributed by atoms with Gasteiger partial charge in [0, 0.05) is 35.6 Å². The van der Waals surface area contributed by atoms with Crippen LogP contribution < -0.4 is 5.73 Å². The van der Waals surface area contributed by atoms with Crippen LogP contribution in [0, 0.1) is 23.7 Å². The molecule has 0 spiro atoms. The van der Waals surface area contributed by atoms with Gasteiger partial charge in [0.15, 0.2) is 0 Å². The van der Waals surface area contributed by atoms with Crippen molar-refractivity contribution < 1.29 is 14.4 Å². The molecule has 7 heteroatoms. The van der Waals surface area contributed by atoms with E-state index in [1.165, 1.54) is 0 Å². The quantitative estimate of drug-likeness (QED) is 0.481. The topological polar surface area (TPSA) is 97.8 Å². The molecule has 2 aromatic rings. The number of primary amides is 1. The molecule has 2 heterocycles. The third-order valence-corrected chi connectivity index (χ3v) is 6.47. The number of benzene rings is 1. The molecule has 1 saturated carbocycles. The fourth-order valence-corrected chi connectivity index (χ4v) is 5.09. The number of hydrogen-bond acceptors (Lipinski definition) is 4. The van der Waals surface area contributed by atoms with Gasteiger partial charge in [-0.2, -0.15) is 10.1 Å². The second kappa shape index (κ2) is 6.69. The fraction of sp³-hybridized carbons (Fsp3) is 0.364. The van der Waals surface area contributed by atoms with E-state index in [-0.39, 0.29) is 47.8 Å². The number of nitrogens with zero attached hydrogens (tertiary/aromatic N) is 3. The predicted octanol–water partition coefficient (Wildman–Crippen LogP) is 2.05. The van der Waals surface area contributed by atoms with E-state index in [1.54, 1.807) is 6.21 Å². The summed E-state index contributed by atoms with van der Waals surface area (Å²) in [4.78, 5) is 37.0. The van der Waals surface area contributed by atoms with Gasteiger partial charge < -0.3 is 10.3 Å². The highest BCUT2D eigenvalue weighted by Gasteiger charge is 2.56. The van der Waals surface area contributed by atoms with Gasteiger partial charge in [-0.3, -0.25) is 14.4 Å². The zero-order valence-corrected chi connectivity index (χ0v) is 15.9. The molecule has 1 aromatic heterocycles. The molecule has 2 N–H and O–H groups in total. The molecule has 2 fully saturated rings. The number of aromatic nitrogens is 1. The second-order valence-electron chi connectivity index (χ2n) is 8.09. The average molecular weight is 390 g/mol. The molecule has 0 radical (unpaired) electrons. The van der Waals surface area contributed by atoms with Crippen LogP contribution in [0.3, 0.4) is 0 Å². The number of hydrogen-bond donors (Lipinski definition) is 1. The Hall–Kier alpha value is -3.22. The Balaban J connectivity index is 1.45. The van der Waals surface area contributed by atoms with Crippen LogP contribution >= 0.6 is 0 Å². The molecule has 3 amide bonds. The second-order valence-corrected chi connectivity index (χ2v) is 8.09. The summed E-state index contributed by atoms with van der Waals surface area (Å²) in [5.74, 6) is -0.965. The van der Waals surface area contributed by atoms with E-state index in [9.17, 15) is 14.4 Å². The lowest BCUT2D eigenvalue weighted by Crippen LogP contribution is -2.38. The van der Waals surface area contributed by atoms with Crippen LogP contribution in [0.15, 0.2) is 47.7 Å². The number of nitrogens with two attached hydrogens (primary N) is 1. The summed E-state index contributed by atoms with van der Waals surface area (Å²) < 4.78 is 1.94. The van der Waals surface area contributed by atoms with Gasteiger partial charge in [-0.15, -0.1) is 0 Å². The smallest absolute Gasteiger partial charge is 0.254 e. The molecule has 6 rings (SSSR count). The minimum absolute atomic E-state index is 0.150. The SMILES string of the molecule is NC(=O)CCn1cc(/C=N\N2C(=O)[C@@H]3[C@H](C2=O)[C@H]2C=C[C@H]3CC2)c2ccccc21. The maximum Gasteiger partial charge on any atom is 0.254 e. The fourth-order valence-electron chi connectivity index (χ4n) is 5.09. The molecular formula is C22H22N4O3. The summed E-state index contributed by atoms with van der Waals surface area (Å²) in [6.07, 6.45) is 9.81. The number of hydrazone groups is 1. The maximum atomic E-state index is 12.9. The number of imide groups is 1. The number of allylic oxidation sites excluding steroid dienone is 2. The lowest BCUT2D eigenvalue weighted by Gasteiger charge is -2.37. The molecule has 148 valence electrons. The summed E-state index contributed by atoms with van der Waals surface area (Å²) in [7, 11) is 0. The number of amides is 3.